The van der Waals surface area contributed by atoms with Gasteiger partial charge in [-0.3, -0.25) is 0 Å². The molecule has 19 heavy (non-hydrogen) atoms. The van der Waals surface area contributed by atoms with Gasteiger partial charge in [0.2, 0.25) is 0 Å². The first-order chi connectivity index (χ1) is 9.15. The maximum Gasteiger partial charge on any atom is 0.124 e. The second-order valence-electron chi connectivity index (χ2n) is 5.62. The van der Waals surface area contributed by atoms with Crippen molar-refractivity contribution in [1.29, 1.82) is 0 Å². The summed E-state index contributed by atoms with van der Waals surface area (Å²) < 4.78 is 14.3. The fraction of sp³-hybridized carbons (Fsp3) is 0.625. The number of hydrogen-bond donors (Lipinski definition) is 1. The second-order valence-corrected chi connectivity index (χ2v) is 6.78. The number of hydrogen-bond acceptors (Lipinski definition) is 1. The van der Waals surface area contributed by atoms with Crippen LogP contribution in [0.25, 0.3) is 0 Å². The van der Waals surface area contributed by atoms with E-state index < -0.39 is 0 Å². The van der Waals surface area contributed by atoms with Gasteiger partial charge in [0.25, 0.3) is 0 Å². The van der Waals surface area contributed by atoms with Crippen LogP contribution in [0.3, 0.4) is 0 Å². The molecular weight excluding hydrogens is 352 g/mol. The Bertz CT molecular complexity index is 413. The van der Waals surface area contributed by atoms with E-state index in [1.165, 1.54) is 37.7 Å². The molecule has 0 saturated heterocycles. The third-order valence-electron chi connectivity index (χ3n) is 4.55. The van der Waals surface area contributed by atoms with Crippen molar-refractivity contribution >= 4 is 22.6 Å². The Hall–Kier alpha value is -0.160. The van der Waals surface area contributed by atoms with E-state index in [1.807, 2.05) is 13.1 Å². The van der Waals surface area contributed by atoms with Gasteiger partial charge in [-0.15, -0.1) is 0 Å². The number of nitrogens with one attached hydrogen (secondary N) is 1. The van der Waals surface area contributed by atoms with Crippen LogP contribution >= 0.6 is 22.6 Å². The summed E-state index contributed by atoms with van der Waals surface area (Å²) in [5.41, 5.74) is 1.25. The Morgan fingerprint density at radius 1 is 1.32 bits per heavy atom. The van der Waals surface area contributed by atoms with Crippen LogP contribution in [0, 0.1) is 21.2 Å². The minimum absolute atomic E-state index is 0.141. The smallest absolute Gasteiger partial charge is 0.124 e. The molecule has 2 rings (SSSR count). The average Bonchev–Trinajstić information content (AvgIpc) is 2.42. The van der Waals surface area contributed by atoms with Crippen LogP contribution in [0.2, 0.25) is 0 Å². The SMILES string of the molecule is CCC1CCC(C(NC)c2ccc(F)cc2I)CC1. The predicted molar refractivity (Wildman–Crippen MR) is 86.7 cm³/mol. The highest BCUT2D eigenvalue weighted by atomic mass is 127. The fourth-order valence-corrected chi connectivity index (χ4v) is 4.14. The molecule has 0 spiro atoms. The predicted octanol–water partition coefficient (Wildman–Crippen LogP) is 4.91. The minimum Gasteiger partial charge on any atom is -0.313 e. The van der Waals surface area contributed by atoms with Crippen LogP contribution in [0.15, 0.2) is 18.2 Å². The van der Waals surface area contributed by atoms with Gasteiger partial charge in [0.15, 0.2) is 0 Å². The normalized spacial score (nSPS) is 25.3. The van der Waals surface area contributed by atoms with Crippen molar-refractivity contribution in [3.05, 3.63) is 33.1 Å². The van der Waals surface area contributed by atoms with Gasteiger partial charge in [-0.25, -0.2) is 4.39 Å². The van der Waals surface area contributed by atoms with Crippen molar-refractivity contribution in [2.75, 3.05) is 7.05 Å². The zero-order chi connectivity index (χ0) is 13.8. The summed E-state index contributed by atoms with van der Waals surface area (Å²) in [6.45, 7) is 2.30. The Kier molecular flexibility index (Phi) is 5.63. The molecule has 1 saturated carbocycles. The zero-order valence-corrected chi connectivity index (χ0v) is 13.9. The van der Waals surface area contributed by atoms with Gasteiger partial charge in [0.1, 0.15) is 5.82 Å². The number of halogens is 2. The van der Waals surface area contributed by atoms with Crippen molar-refractivity contribution in [3.8, 4) is 0 Å². The number of benzene rings is 1. The van der Waals surface area contributed by atoms with Gasteiger partial charge in [0, 0.05) is 9.61 Å². The monoisotopic (exact) mass is 375 g/mol. The molecule has 0 radical (unpaired) electrons. The highest BCUT2D eigenvalue weighted by molar-refractivity contribution is 14.1. The minimum atomic E-state index is -0.141. The van der Waals surface area contributed by atoms with Gasteiger partial charge in [-0.2, -0.15) is 0 Å². The summed E-state index contributed by atoms with van der Waals surface area (Å²) in [6.07, 6.45) is 6.58. The van der Waals surface area contributed by atoms with Crippen molar-refractivity contribution in [3.63, 3.8) is 0 Å². The molecule has 0 aromatic heterocycles. The third-order valence-corrected chi connectivity index (χ3v) is 5.48. The first kappa shape index (κ1) is 15.2. The molecule has 1 aromatic rings. The molecule has 1 aliphatic carbocycles. The van der Waals surface area contributed by atoms with E-state index in [9.17, 15) is 4.39 Å². The van der Waals surface area contributed by atoms with Gasteiger partial charge >= 0.3 is 0 Å². The summed E-state index contributed by atoms with van der Waals surface area (Å²) in [4.78, 5) is 0. The van der Waals surface area contributed by atoms with Gasteiger partial charge < -0.3 is 5.32 Å². The van der Waals surface area contributed by atoms with Gasteiger partial charge in [-0.1, -0.05) is 32.3 Å². The van der Waals surface area contributed by atoms with E-state index in [0.717, 1.165) is 9.49 Å². The average molecular weight is 375 g/mol. The Morgan fingerprint density at radius 3 is 2.53 bits per heavy atom. The molecule has 3 heteroatoms. The maximum absolute atomic E-state index is 13.2. The molecule has 0 aliphatic heterocycles. The van der Waals surface area contributed by atoms with E-state index in [4.69, 9.17) is 0 Å². The van der Waals surface area contributed by atoms with Crippen molar-refractivity contribution in [2.45, 2.75) is 45.1 Å². The van der Waals surface area contributed by atoms with Crippen LogP contribution in [0.1, 0.15) is 50.6 Å². The summed E-state index contributed by atoms with van der Waals surface area (Å²) in [5, 5.41) is 3.45. The second kappa shape index (κ2) is 7.02. The standard InChI is InChI=1S/C16H23FIN/c1-3-11-4-6-12(7-5-11)16(19-2)14-9-8-13(17)10-15(14)18/h8-12,16,19H,3-7H2,1-2H3. The lowest BCUT2D eigenvalue weighted by atomic mass is 9.76. The first-order valence-electron chi connectivity index (χ1n) is 7.28. The topological polar surface area (TPSA) is 12.0 Å². The van der Waals surface area contributed by atoms with Crippen LogP contribution in [-0.4, -0.2) is 7.05 Å². The first-order valence-corrected chi connectivity index (χ1v) is 8.35. The maximum atomic E-state index is 13.2. The quantitative estimate of drug-likeness (QED) is 0.738. The van der Waals surface area contributed by atoms with Crippen LogP contribution in [-0.2, 0) is 0 Å². The summed E-state index contributed by atoms with van der Waals surface area (Å²) in [7, 11) is 2.02. The lowest BCUT2D eigenvalue weighted by Gasteiger charge is -2.34. The van der Waals surface area contributed by atoms with Gasteiger partial charge in [0.05, 0.1) is 0 Å². The fourth-order valence-electron chi connectivity index (χ4n) is 3.33. The zero-order valence-electron chi connectivity index (χ0n) is 11.8. The molecular formula is C16H23FIN. The molecule has 1 atom stereocenters. The third kappa shape index (κ3) is 3.69. The summed E-state index contributed by atoms with van der Waals surface area (Å²) in [6, 6.07) is 5.53. The molecule has 1 aromatic carbocycles. The van der Waals surface area contributed by atoms with Crippen molar-refractivity contribution < 1.29 is 4.39 Å². The molecule has 0 amide bonds. The molecule has 1 nitrogen and oxygen atoms in total. The lowest BCUT2D eigenvalue weighted by Crippen LogP contribution is -2.29. The molecule has 0 bridgehead atoms. The van der Waals surface area contributed by atoms with Crippen molar-refractivity contribution in [2.24, 2.45) is 11.8 Å². The molecule has 1 unspecified atom stereocenters. The van der Waals surface area contributed by atoms with Crippen LogP contribution in [0.5, 0.6) is 0 Å². The van der Waals surface area contributed by atoms with Crippen molar-refractivity contribution in [1.82, 2.24) is 5.32 Å². The van der Waals surface area contributed by atoms with Crippen LogP contribution in [0.4, 0.5) is 4.39 Å². The molecule has 1 N–H and O–H groups in total. The van der Waals surface area contributed by atoms with E-state index in [1.54, 1.807) is 12.1 Å². The largest absolute Gasteiger partial charge is 0.313 e. The Morgan fingerprint density at radius 2 is 2.00 bits per heavy atom. The molecule has 1 fully saturated rings. The number of rotatable bonds is 4. The lowest BCUT2D eigenvalue weighted by molar-refractivity contribution is 0.224. The Balaban J connectivity index is 2.12. The highest BCUT2D eigenvalue weighted by Gasteiger charge is 2.28. The van der Waals surface area contributed by atoms with Gasteiger partial charge in [-0.05, 0) is 72.0 Å². The van der Waals surface area contributed by atoms with E-state index in [-0.39, 0.29) is 5.82 Å². The summed E-state index contributed by atoms with van der Waals surface area (Å²) >= 11 is 2.25. The molecule has 0 heterocycles. The highest BCUT2D eigenvalue weighted by Crippen LogP contribution is 2.38. The Labute approximate surface area is 129 Å². The van der Waals surface area contributed by atoms with Crippen LogP contribution < -0.4 is 5.32 Å². The molecule has 106 valence electrons. The van der Waals surface area contributed by atoms with E-state index in [0.29, 0.717) is 12.0 Å². The summed E-state index contributed by atoms with van der Waals surface area (Å²) in [5.74, 6) is 1.46. The van der Waals surface area contributed by atoms with E-state index >= 15 is 0 Å². The van der Waals surface area contributed by atoms with E-state index in [2.05, 4.69) is 34.8 Å². The molecule has 1 aliphatic rings.